The van der Waals surface area contributed by atoms with Gasteiger partial charge in [-0.1, -0.05) is 12.1 Å². The van der Waals surface area contributed by atoms with Gasteiger partial charge >= 0.3 is 0 Å². The van der Waals surface area contributed by atoms with Crippen molar-refractivity contribution in [1.82, 2.24) is 19.9 Å². The Hall–Kier alpha value is -4.69. The highest BCUT2D eigenvalue weighted by Crippen LogP contribution is 2.42. The highest BCUT2D eigenvalue weighted by molar-refractivity contribution is 7.80. The zero-order valence-corrected chi connectivity index (χ0v) is 22.2. The Bertz CT molecular complexity index is 1540. The van der Waals surface area contributed by atoms with E-state index in [1.807, 2.05) is 97.3 Å². The maximum absolute atomic E-state index is 6.05. The zero-order chi connectivity index (χ0) is 26.6. The van der Waals surface area contributed by atoms with Crippen LogP contribution in [0.1, 0.15) is 29.2 Å². The summed E-state index contributed by atoms with van der Waals surface area (Å²) in [5, 5.41) is 4.18. The molecule has 8 heteroatoms. The third kappa shape index (κ3) is 5.19. The molecule has 39 heavy (non-hydrogen) atoms. The number of pyridine rings is 2. The molecule has 1 aliphatic heterocycles. The number of ether oxygens (including phenoxy) is 2. The first-order chi connectivity index (χ1) is 19.2. The summed E-state index contributed by atoms with van der Waals surface area (Å²) in [6.45, 7) is 0.657. The van der Waals surface area contributed by atoms with Crippen molar-refractivity contribution in [3.8, 4) is 17.2 Å². The predicted octanol–water partition coefficient (Wildman–Crippen LogP) is 6.30. The minimum atomic E-state index is -0.133. The minimum Gasteiger partial charge on any atom is -0.497 e. The van der Waals surface area contributed by atoms with E-state index in [9.17, 15) is 0 Å². The largest absolute Gasteiger partial charge is 0.497 e. The number of hydrogen-bond acceptors (Lipinski definition) is 5. The SMILES string of the molecule is COc1ccc(Oc2ccc(N3C(=S)N[C@H](c4ccccn4)[C@H]3c3cccn3Cc3ccccn3)cc2)cc1. The smallest absolute Gasteiger partial charge is 0.174 e. The van der Waals surface area contributed by atoms with Crippen molar-refractivity contribution < 1.29 is 9.47 Å². The van der Waals surface area contributed by atoms with Gasteiger partial charge in [-0.05, 0) is 97.1 Å². The molecule has 5 aromatic rings. The molecule has 1 saturated heterocycles. The maximum atomic E-state index is 6.05. The second-order valence-electron chi connectivity index (χ2n) is 9.15. The monoisotopic (exact) mass is 533 g/mol. The fourth-order valence-electron chi connectivity index (χ4n) is 4.89. The molecule has 0 radical (unpaired) electrons. The summed E-state index contributed by atoms with van der Waals surface area (Å²) in [5.41, 5.74) is 3.99. The van der Waals surface area contributed by atoms with Crippen LogP contribution in [-0.4, -0.2) is 26.8 Å². The molecule has 0 aliphatic carbocycles. The van der Waals surface area contributed by atoms with E-state index in [-0.39, 0.29) is 12.1 Å². The van der Waals surface area contributed by atoms with Crippen LogP contribution in [0.3, 0.4) is 0 Å². The number of thiocarbonyl (C=S) groups is 1. The number of methoxy groups -OCH3 is 1. The van der Waals surface area contributed by atoms with Gasteiger partial charge in [-0.15, -0.1) is 0 Å². The molecule has 0 amide bonds. The van der Waals surface area contributed by atoms with Gasteiger partial charge in [0, 0.05) is 30.0 Å². The lowest BCUT2D eigenvalue weighted by Crippen LogP contribution is -2.30. The second-order valence-corrected chi connectivity index (χ2v) is 9.54. The van der Waals surface area contributed by atoms with Gasteiger partial charge in [0.15, 0.2) is 5.11 Å². The van der Waals surface area contributed by atoms with E-state index in [0.717, 1.165) is 40.0 Å². The number of rotatable bonds is 8. The molecule has 4 heterocycles. The molecule has 2 aromatic carbocycles. The molecule has 1 N–H and O–H groups in total. The highest BCUT2D eigenvalue weighted by Gasteiger charge is 2.42. The molecule has 0 bridgehead atoms. The number of aromatic nitrogens is 3. The van der Waals surface area contributed by atoms with Crippen LogP contribution in [0.25, 0.3) is 0 Å². The topological polar surface area (TPSA) is 64.4 Å². The lowest BCUT2D eigenvalue weighted by atomic mass is 10.0. The van der Waals surface area contributed by atoms with Gasteiger partial charge in [0.2, 0.25) is 0 Å². The Labute approximate surface area is 232 Å². The first kappa shape index (κ1) is 24.6. The van der Waals surface area contributed by atoms with Gasteiger partial charge in [0.05, 0.1) is 31.1 Å². The number of nitrogens with one attached hydrogen (secondary N) is 1. The van der Waals surface area contributed by atoms with Crippen LogP contribution in [0, 0.1) is 0 Å². The Balaban J connectivity index is 1.33. The number of anilines is 1. The molecule has 0 spiro atoms. The quantitative estimate of drug-likeness (QED) is 0.235. The van der Waals surface area contributed by atoms with Crippen molar-refractivity contribution in [3.05, 3.63) is 133 Å². The van der Waals surface area contributed by atoms with Crippen LogP contribution in [0.15, 0.2) is 116 Å². The fraction of sp³-hybridized carbons (Fsp3) is 0.129. The van der Waals surface area contributed by atoms with Crippen LogP contribution in [0.2, 0.25) is 0 Å². The van der Waals surface area contributed by atoms with Crippen molar-refractivity contribution >= 4 is 23.0 Å². The van der Waals surface area contributed by atoms with Crippen molar-refractivity contribution in [1.29, 1.82) is 0 Å². The third-order valence-electron chi connectivity index (χ3n) is 6.73. The van der Waals surface area contributed by atoms with E-state index in [1.54, 1.807) is 7.11 Å². The standard InChI is InChI=1S/C31H27N5O2S/c1-37-24-14-16-26(17-15-24)38-25-12-10-23(11-13-25)36-30(29(34-31(36)39)27-8-3-5-19-33-27)28-9-6-20-35(28)21-22-7-2-4-18-32-22/h2-20,29-30H,21H2,1H3,(H,34,39)/t29-,30-/m1/s1. The summed E-state index contributed by atoms with van der Waals surface area (Å²) in [5.74, 6) is 2.26. The minimum absolute atomic E-state index is 0.125. The molecular formula is C31H27N5O2S. The van der Waals surface area contributed by atoms with Gasteiger partial charge in [0.1, 0.15) is 23.3 Å². The maximum Gasteiger partial charge on any atom is 0.174 e. The van der Waals surface area contributed by atoms with E-state index in [2.05, 4.69) is 43.1 Å². The molecule has 1 aliphatic rings. The van der Waals surface area contributed by atoms with E-state index >= 15 is 0 Å². The molecule has 7 nitrogen and oxygen atoms in total. The van der Waals surface area contributed by atoms with E-state index in [0.29, 0.717) is 11.7 Å². The van der Waals surface area contributed by atoms with Crippen LogP contribution in [0.4, 0.5) is 5.69 Å². The number of hydrogen-bond donors (Lipinski definition) is 1. The molecule has 1 fully saturated rings. The molecule has 2 atom stereocenters. The number of benzene rings is 2. The molecule has 0 saturated carbocycles. The summed E-state index contributed by atoms with van der Waals surface area (Å²) in [4.78, 5) is 11.4. The summed E-state index contributed by atoms with van der Waals surface area (Å²) in [6, 6.07) is 31.4. The summed E-state index contributed by atoms with van der Waals surface area (Å²) >= 11 is 5.91. The van der Waals surface area contributed by atoms with Crippen molar-refractivity contribution in [3.63, 3.8) is 0 Å². The lowest BCUT2D eigenvalue weighted by Gasteiger charge is -2.29. The second kappa shape index (κ2) is 11.0. The molecule has 3 aromatic heterocycles. The van der Waals surface area contributed by atoms with Crippen LogP contribution in [-0.2, 0) is 6.54 Å². The van der Waals surface area contributed by atoms with Gasteiger partial charge < -0.3 is 24.3 Å². The first-order valence-electron chi connectivity index (χ1n) is 12.7. The van der Waals surface area contributed by atoms with Gasteiger partial charge in [-0.25, -0.2) is 0 Å². The Morgan fingerprint density at radius 1 is 0.795 bits per heavy atom. The van der Waals surface area contributed by atoms with Gasteiger partial charge in [-0.2, -0.15) is 0 Å². The van der Waals surface area contributed by atoms with Crippen molar-refractivity contribution in [2.45, 2.75) is 18.6 Å². The van der Waals surface area contributed by atoms with E-state index < -0.39 is 0 Å². The van der Waals surface area contributed by atoms with Gasteiger partial charge in [0.25, 0.3) is 0 Å². The summed E-state index contributed by atoms with van der Waals surface area (Å²) in [6.07, 6.45) is 5.73. The molecule has 6 rings (SSSR count). The molecule has 0 unspecified atom stereocenters. The summed E-state index contributed by atoms with van der Waals surface area (Å²) in [7, 11) is 1.65. The predicted molar refractivity (Wildman–Crippen MR) is 155 cm³/mol. The fourth-order valence-corrected chi connectivity index (χ4v) is 5.24. The Morgan fingerprint density at radius 3 is 2.15 bits per heavy atom. The van der Waals surface area contributed by atoms with E-state index in [4.69, 9.17) is 21.7 Å². The van der Waals surface area contributed by atoms with Crippen LogP contribution < -0.4 is 19.7 Å². The van der Waals surface area contributed by atoms with Crippen LogP contribution in [0.5, 0.6) is 17.2 Å². The highest BCUT2D eigenvalue weighted by atomic mass is 32.1. The summed E-state index contributed by atoms with van der Waals surface area (Å²) < 4.78 is 13.5. The number of nitrogens with zero attached hydrogens (tertiary/aromatic N) is 4. The van der Waals surface area contributed by atoms with E-state index in [1.165, 1.54) is 0 Å². The molecule has 194 valence electrons. The normalized spacial score (nSPS) is 16.6. The van der Waals surface area contributed by atoms with Crippen LogP contribution >= 0.6 is 12.2 Å². The Kier molecular flexibility index (Phi) is 6.93. The average Bonchev–Trinajstić information content (AvgIpc) is 3.58. The van der Waals surface area contributed by atoms with Crippen molar-refractivity contribution in [2.75, 3.05) is 12.0 Å². The molecular weight excluding hydrogens is 506 g/mol. The van der Waals surface area contributed by atoms with Crippen molar-refractivity contribution in [2.24, 2.45) is 0 Å². The Morgan fingerprint density at radius 2 is 1.49 bits per heavy atom. The third-order valence-corrected chi connectivity index (χ3v) is 7.05. The zero-order valence-electron chi connectivity index (χ0n) is 21.3. The van der Waals surface area contributed by atoms with Gasteiger partial charge in [-0.3, -0.25) is 9.97 Å². The average molecular weight is 534 g/mol. The lowest BCUT2D eigenvalue weighted by molar-refractivity contribution is 0.413. The first-order valence-corrected chi connectivity index (χ1v) is 13.1.